The zero-order chi connectivity index (χ0) is 14.3. The van der Waals surface area contributed by atoms with E-state index in [1.807, 2.05) is 30.9 Å². The molecular weight excluding hydrogens is 266 g/mol. The molecule has 0 amide bonds. The first-order valence-electron chi connectivity index (χ1n) is 6.22. The van der Waals surface area contributed by atoms with Crippen LogP contribution in [-0.4, -0.2) is 43.7 Å². The minimum Gasteiger partial charge on any atom is -0.492 e. The fourth-order valence-electron chi connectivity index (χ4n) is 1.59. The van der Waals surface area contributed by atoms with Gasteiger partial charge in [-0.2, -0.15) is 0 Å². The van der Waals surface area contributed by atoms with Crippen molar-refractivity contribution in [3.63, 3.8) is 0 Å². The van der Waals surface area contributed by atoms with E-state index in [1.165, 1.54) is 7.11 Å². The summed E-state index contributed by atoms with van der Waals surface area (Å²) in [6.45, 7) is 5.48. The molecule has 4 nitrogen and oxygen atoms in total. The zero-order valence-corrected chi connectivity index (χ0v) is 12.3. The summed E-state index contributed by atoms with van der Waals surface area (Å²) in [5.74, 6) is 0.491. The Morgan fingerprint density at radius 3 is 2.74 bits per heavy atom. The molecule has 1 rings (SSSR count). The second-order valence-electron chi connectivity index (χ2n) is 4.45. The monoisotopic (exact) mass is 285 g/mol. The van der Waals surface area contributed by atoms with E-state index in [1.54, 1.807) is 12.1 Å². The van der Waals surface area contributed by atoms with Crippen molar-refractivity contribution < 1.29 is 14.3 Å². The molecule has 1 aromatic carbocycles. The molecular formula is C14H20ClNO3. The van der Waals surface area contributed by atoms with Gasteiger partial charge < -0.3 is 9.47 Å². The largest absolute Gasteiger partial charge is 0.492 e. The van der Waals surface area contributed by atoms with Gasteiger partial charge in [-0.1, -0.05) is 17.7 Å². The number of rotatable bonds is 7. The van der Waals surface area contributed by atoms with Crippen molar-refractivity contribution in [2.45, 2.75) is 19.9 Å². The van der Waals surface area contributed by atoms with Gasteiger partial charge in [-0.3, -0.25) is 9.69 Å². The summed E-state index contributed by atoms with van der Waals surface area (Å²) >= 11 is 5.87. The van der Waals surface area contributed by atoms with Crippen LogP contribution in [0.4, 0.5) is 0 Å². The van der Waals surface area contributed by atoms with Gasteiger partial charge in [0.1, 0.15) is 12.4 Å². The number of carbonyl (C=O) groups is 1. The first-order valence-corrected chi connectivity index (χ1v) is 6.60. The molecule has 0 bridgehead atoms. The summed E-state index contributed by atoms with van der Waals surface area (Å²) in [7, 11) is 1.39. The summed E-state index contributed by atoms with van der Waals surface area (Å²) in [4.78, 5) is 13.3. The predicted molar refractivity (Wildman–Crippen MR) is 75.7 cm³/mol. The third-order valence-corrected chi connectivity index (χ3v) is 2.97. The van der Waals surface area contributed by atoms with Crippen LogP contribution in [0.1, 0.15) is 13.8 Å². The van der Waals surface area contributed by atoms with Crippen molar-refractivity contribution >= 4 is 17.6 Å². The average molecular weight is 286 g/mol. The Morgan fingerprint density at radius 1 is 1.42 bits per heavy atom. The van der Waals surface area contributed by atoms with Crippen molar-refractivity contribution in [3.05, 3.63) is 29.3 Å². The number of hydrogen-bond acceptors (Lipinski definition) is 4. The third kappa shape index (κ3) is 5.94. The van der Waals surface area contributed by atoms with E-state index in [0.29, 0.717) is 18.2 Å². The van der Waals surface area contributed by atoms with Crippen LogP contribution in [0.25, 0.3) is 0 Å². The Hall–Kier alpha value is -1.26. The highest BCUT2D eigenvalue weighted by atomic mass is 35.5. The Morgan fingerprint density at radius 2 is 2.16 bits per heavy atom. The summed E-state index contributed by atoms with van der Waals surface area (Å²) in [6.07, 6.45) is 0. The number of halogens is 1. The van der Waals surface area contributed by atoms with Gasteiger partial charge in [0, 0.05) is 17.6 Å². The van der Waals surface area contributed by atoms with Crippen molar-refractivity contribution in [1.29, 1.82) is 0 Å². The second kappa shape index (κ2) is 8.02. The van der Waals surface area contributed by atoms with E-state index in [4.69, 9.17) is 16.3 Å². The number of hydrogen-bond donors (Lipinski definition) is 0. The summed E-state index contributed by atoms with van der Waals surface area (Å²) < 4.78 is 10.3. The van der Waals surface area contributed by atoms with Crippen LogP contribution >= 0.6 is 11.6 Å². The number of methoxy groups -OCH3 is 1. The molecule has 0 aromatic heterocycles. The Balaban J connectivity index is 2.42. The van der Waals surface area contributed by atoms with Gasteiger partial charge in [0.2, 0.25) is 0 Å². The molecule has 19 heavy (non-hydrogen) atoms. The first kappa shape index (κ1) is 15.8. The smallest absolute Gasteiger partial charge is 0.319 e. The molecule has 1 aromatic rings. The number of nitrogens with zero attached hydrogens (tertiary/aromatic N) is 1. The minimum absolute atomic E-state index is 0.239. The third-order valence-electron chi connectivity index (χ3n) is 2.73. The molecule has 0 aliphatic heterocycles. The van der Waals surface area contributed by atoms with E-state index in [0.717, 1.165) is 5.75 Å². The standard InChI is InChI=1S/C14H20ClNO3/c1-11(2)16(10-14(17)18-3)7-8-19-13-6-4-5-12(15)9-13/h4-6,9,11H,7-8,10H2,1-3H3. The molecule has 5 heteroatoms. The Kier molecular flexibility index (Phi) is 6.67. The van der Waals surface area contributed by atoms with Crippen LogP contribution in [0, 0.1) is 0 Å². The first-order chi connectivity index (χ1) is 9.02. The molecule has 0 saturated carbocycles. The lowest BCUT2D eigenvalue weighted by molar-refractivity contribution is -0.142. The van der Waals surface area contributed by atoms with E-state index in [-0.39, 0.29) is 18.6 Å². The lowest BCUT2D eigenvalue weighted by Crippen LogP contribution is -2.38. The number of benzene rings is 1. The maximum Gasteiger partial charge on any atom is 0.319 e. The Bertz CT molecular complexity index is 409. The summed E-state index contributed by atoms with van der Waals surface area (Å²) in [6, 6.07) is 7.51. The van der Waals surface area contributed by atoms with E-state index < -0.39 is 0 Å². The highest BCUT2D eigenvalue weighted by Gasteiger charge is 2.14. The van der Waals surface area contributed by atoms with Gasteiger partial charge in [0.25, 0.3) is 0 Å². The Labute approximate surface area is 119 Å². The summed E-state index contributed by atoms with van der Waals surface area (Å²) in [5.41, 5.74) is 0. The number of ether oxygens (including phenoxy) is 2. The molecule has 0 spiro atoms. The summed E-state index contributed by atoms with van der Waals surface area (Å²) in [5, 5.41) is 0.646. The van der Waals surface area contributed by atoms with Gasteiger partial charge in [0.05, 0.1) is 13.7 Å². The van der Waals surface area contributed by atoms with Crippen LogP contribution in [0.15, 0.2) is 24.3 Å². The van der Waals surface area contributed by atoms with Crippen molar-refractivity contribution in [3.8, 4) is 5.75 Å². The van der Waals surface area contributed by atoms with Crippen molar-refractivity contribution in [2.24, 2.45) is 0 Å². The van der Waals surface area contributed by atoms with E-state index in [2.05, 4.69) is 4.74 Å². The second-order valence-corrected chi connectivity index (χ2v) is 4.88. The average Bonchev–Trinajstić information content (AvgIpc) is 2.37. The number of esters is 1. The molecule has 0 saturated heterocycles. The molecule has 0 fully saturated rings. The molecule has 0 atom stereocenters. The van der Waals surface area contributed by atoms with Gasteiger partial charge >= 0.3 is 5.97 Å². The fourth-order valence-corrected chi connectivity index (χ4v) is 1.77. The van der Waals surface area contributed by atoms with Crippen LogP contribution in [0.2, 0.25) is 5.02 Å². The SMILES string of the molecule is COC(=O)CN(CCOc1cccc(Cl)c1)C(C)C. The van der Waals surface area contributed by atoms with Crippen molar-refractivity contribution in [1.82, 2.24) is 4.90 Å². The maximum atomic E-state index is 11.3. The lowest BCUT2D eigenvalue weighted by Gasteiger charge is -2.24. The molecule has 0 aliphatic carbocycles. The molecule has 0 heterocycles. The minimum atomic E-state index is -0.239. The highest BCUT2D eigenvalue weighted by molar-refractivity contribution is 6.30. The van der Waals surface area contributed by atoms with Crippen LogP contribution in [0.5, 0.6) is 5.75 Å². The quantitative estimate of drug-likeness (QED) is 0.722. The van der Waals surface area contributed by atoms with E-state index >= 15 is 0 Å². The molecule has 106 valence electrons. The van der Waals surface area contributed by atoms with Crippen LogP contribution in [0.3, 0.4) is 0 Å². The van der Waals surface area contributed by atoms with Crippen molar-refractivity contribution in [2.75, 3.05) is 26.8 Å². The predicted octanol–water partition coefficient (Wildman–Crippen LogP) is 2.60. The molecule has 0 N–H and O–H groups in total. The maximum absolute atomic E-state index is 11.3. The number of carbonyl (C=O) groups excluding carboxylic acids is 1. The van der Waals surface area contributed by atoms with Gasteiger partial charge in [-0.15, -0.1) is 0 Å². The zero-order valence-electron chi connectivity index (χ0n) is 11.6. The molecule has 0 aliphatic rings. The normalized spacial score (nSPS) is 10.8. The highest BCUT2D eigenvalue weighted by Crippen LogP contribution is 2.17. The van der Waals surface area contributed by atoms with Gasteiger partial charge in [-0.05, 0) is 32.0 Å². The fraction of sp³-hybridized carbons (Fsp3) is 0.500. The molecule has 0 radical (unpaired) electrons. The van der Waals surface area contributed by atoms with Gasteiger partial charge in [-0.25, -0.2) is 0 Å². The van der Waals surface area contributed by atoms with Crippen LogP contribution < -0.4 is 4.74 Å². The van der Waals surface area contributed by atoms with Gasteiger partial charge in [0.15, 0.2) is 0 Å². The van der Waals surface area contributed by atoms with Crippen LogP contribution in [-0.2, 0) is 9.53 Å². The topological polar surface area (TPSA) is 38.8 Å². The van der Waals surface area contributed by atoms with E-state index in [9.17, 15) is 4.79 Å². The lowest BCUT2D eigenvalue weighted by atomic mass is 10.3. The molecule has 0 unspecified atom stereocenters.